The maximum absolute atomic E-state index is 14.0. The largest absolute Gasteiger partial charge is 0.334 e. The number of nitrogens with zero attached hydrogens (tertiary/aromatic N) is 2. The van der Waals surface area contributed by atoms with Crippen molar-refractivity contribution in [2.24, 2.45) is 0 Å². The van der Waals surface area contributed by atoms with Gasteiger partial charge in [0.15, 0.2) is 0 Å². The van der Waals surface area contributed by atoms with E-state index in [1.807, 2.05) is 12.1 Å². The third-order valence-corrected chi connectivity index (χ3v) is 4.65. The fraction of sp³-hybridized carbons (Fsp3) is 0.333. The van der Waals surface area contributed by atoms with Gasteiger partial charge in [0.2, 0.25) is 5.91 Å². The zero-order valence-electron chi connectivity index (χ0n) is 13.0. The fourth-order valence-corrected chi connectivity index (χ4v) is 3.31. The number of benzene rings is 1. The van der Waals surface area contributed by atoms with Crippen LogP contribution in [0, 0.1) is 11.6 Å². The quantitative estimate of drug-likeness (QED) is 0.791. The summed E-state index contributed by atoms with van der Waals surface area (Å²) >= 11 is 5.72. The maximum atomic E-state index is 14.0. The van der Waals surface area contributed by atoms with Gasteiger partial charge in [-0.15, -0.1) is 11.6 Å². The first-order valence-corrected chi connectivity index (χ1v) is 8.34. The molecule has 0 saturated carbocycles. The minimum absolute atomic E-state index is 0.104. The number of rotatable bonds is 4. The molecule has 0 radical (unpaired) electrons. The van der Waals surface area contributed by atoms with Crippen molar-refractivity contribution < 1.29 is 13.6 Å². The Morgan fingerprint density at radius 2 is 2.00 bits per heavy atom. The van der Waals surface area contributed by atoms with Crippen LogP contribution in [0.1, 0.15) is 23.2 Å². The Bertz CT molecular complexity index is 733. The van der Waals surface area contributed by atoms with Gasteiger partial charge in [-0.2, -0.15) is 0 Å². The normalized spacial score (nSPS) is 16.5. The standard InChI is InChI=1S/C18H17ClF2N2O/c19-10-18(24)23(11-14-15(20)4-1-5-16(14)21)13-6-7-17-12(9-13)3-2-8-22-17/h1-5,8,13H,6-7,9-11H2. The number of pyridine rings is 1. The molecule has 0 saturated heterocycles. The van der Waals surface area contributed by atoms with Gasteiger partial charge in [0.05, 0.1) is 6.54 Å². The number of alkyl halides is 1. The Balaban J connectivity index is 1.87. The molecule has 24 heavy (non-hydrogen) atoms. The summed E-state index contributed by atoms with van der Waals surface area (Å²) in [5.74, 6) is -1.84. The molecule has 1 aliphatic rings. The Labute approximate surface area is 144 Å². The van der Waals surface area contributed by atoms with Gasteiger partial charge >= 0.3 is 0 Å². The van der Waals surface area contributed by atoms with Crippen LogP contribution in [0.4, 0.5) is 8.78 Å². The van der Waals surface area contributed by atoms with E-state index < -0.39 is 11.6 Å². The summed E-state index contributed by atoms with van der Waals surface area (Å²) < 4.78 is 27.9. The van der Waals surface area contributed by atoms with E-state index in [2.05, 4.69) is 4.98 Å². The second kappa shape index (κ2) is 7.26. The van der Waals surface area contributed by atoms with Crippen molar-refractivity contribution in [1.29, 1.82) is 0 Å². The zero-order valence-corrected chi connectivity index (χ0v) is 13.8. The monoisotopic (exact) mass is 350 g/mol. The second-order valence-electron chi connectivity index (χ2n) is 5.86. The summed E-state index contributed by atoms with van der Waals surface area (Å²) in [5.41, 5.74) is 1.98. The van der Waals surface area contributed by atoms with E-state index in [0.717, 1.165) is 17.7 Å². The van der Waals surface area contributed by atoms with Crippen molar-refractivity contribution >= 4 is 17.5 Å². The highest BCUT2D eigenvalue weighted by Crippen LogP contribution is 2.26. The minimum Gasteiger partial charge on any atom is -0.334 e. The lowest BCUT2D eigenvalue weighted by atomic mass is 9.90. The molecule has 3 rings (SSSR count). The van der Waals surface area contributed by atoms with Crippen molar-refractivity contribution in [1.82, 2.24) is 9.88 Å². The Morgan fingerprint density at radius 1 is 1.25 bits per heavy atom. The number of halogens is 3. The van der Waals surface area contributed by atoms with Crippen LogP contribution < -0.4 is 0 Å². The number of carbonyl (C=O) groups excluding carboxylic acids is 1. The number of hydrogen-bond donors (Lipinski definition) is 0. The highest BCUT2D eigenvalue weighted by molar-refractivity contribution is 6.27. The maximum Gasteiger partial charge on any atom is 0.238 e. The molecule has 1 amide bonds. The van der Waals surface area contributed by atoms with Gasteiger partial charge in [-0.1, -0.05) is 12.1 Å². The van der Waals surface area contributed by atoms with Gasteiger partial charge in [-0.3, -0.25) is 9.78 Å². The van der Waals surface area contributed by atoms with Crippen LogP contribution in [0.3, 0.4) is 0 Å². The molecular formula is C18H17ClF2N2O. The highest BCUT2D eigenvalue weighted by Gasteiger charge is 2.29. The Morgan fingerprint density at radius 3 is 2.71 bits per heavy atom. The number of fused-ring (bicyclic) bond motifs is 1. The van der Waals surface area contributed by atoms with Gasteiger partial charge in [-0.05, 0) is 43.0 Å². The van der Waals surface area contributed by atoms with Crippen molar-refractivity contribution in [3.8, 4) is 0 Å². The molecule has 6 heteroatoms. The molecule has 1 aliphatic carbocycles. The average Bonchev–Trinajstić information content (AvgIpc) is 2.60. The number of aromatic nitrogens is 1. The van der Waals surface area contributed by atoms with Crippen LogP contribution in [0.15, 0.2) is 36.5 Å². The van der Waals surface area contributed by atoms with Crippen LogP contribution in [-0.4, -0.2) is 27.7 Å². The van der Waals surface area contributed by atoms with Crippen molar-refractivity contribution in [3.63, 3.8) is 0 Å². The fourth-order valence-electron chi connectivity index (χ4n) is 3.16. The molecule has 1 heterocycles. The lowest BCUT2D eigenvalue weighted by molar-refractivity contribution is -0.131. The predicted molar refractivity (Wildman–Crippen MR) is 87.7 cm³/mol. The van der Waals surface area contributed by atoms with Gasteiger partial charge in [0.1, 0.15) is 17.5 Å². The SMILES string of the molecule is O=C(CCl)N(Cc1c(F)cccc1F)C1CCc2ncccc2C1. The van der Waals surface area contributed by atoms with Gasteiger partial charge in [-0.25, -0.2) is 8.78 Å². The highest BCUT2D eigenvalue weighted by atomic mass is 35.5. The molecule has 0 spiro atoms. The third-order valence-electron chi connectivity index (χ3n) is 4.42. The molecule has 126 valence electrons. The number of aryl methyl sites for hydroxylation is 1. The summed E-state index contributed by atoms with van der Waals surface area (Å²) in [7, 11) is 0. The summed E-state index contributed by atoms with van der Waals surface area (Å²) in [6, 6.07) is 7.38. The minimum atomic E-state index is -0.653. The molecule has 1 aromatic carbocycles. The van der Waals surface area contributed by atoms with Crippen LogP contribution in [0.2, 0.25) is 0 Å². The molecule has 3 nitrogen and oxygen atoms in total. The van der Waals surface area contributed by atoms with Crippen LogP contribution in [-0.2, 0) is 24.2 Å². The van der Waals surface area contributed by atoms with Crippen molar-refractivity contribution in [3.05, 3.63) is 65.0 Å². The second-order valence-corrected chi connectivity index (χ2v) is 6.13. The van der Waals surface area contributed by atoms with Gasteiger partial charge < -0.3 is 4.90 Å². The molecule has 0 fully saturated rings. The molecule has 1 aromatic heterocycles. The van der Waals surface area contributed by atoms with Crippen LogP contribution >= 0.6 is 11.6 Å². The molecule has 0 aliphatic heterocycles. The summed E-state index contributed by atoms with van der Waals surface area (Å²) in [4.78, 5) is 18.1. The van der Waals surface area contributed by atoms with Crippen molar-refractivity contribution in [2.45, 2.75) is 31.8 Å². The molecule has 1 atom stereocenters. The van der Waals surface area contributed by atoms with E-state index in [0.29, 0.717) is 12.8 Å². The Hall–Kier alpha value is -2.01. The lowest BCUT2D eigenvalue weighted by Gasteiger charge is -2.35. The topological polar surface area (TPSA) is 33.2 Å². The number of amides is 1. The summed E-state index contributed by atoms with van der Waals surface area (Å²) in [5, 5.41) is 0. The van der Waals surface area contributed by atoms with Gasteiger partial charge in [0.25, 0.3) is 0 Å². The van der Waals surface area contributed by atoms with Crippen molar-refractivity contribution in [2.75, 3.05) is 5.88 Å². The first kappa shape index (κ1) is 16.8. The van der Waals surface area contributed by atoms with Crippen LogP contribution in [0.25, 0.3) is 0 Å². The molecular weight excluding hydrogens is 334 g/mol. The van der Waals surface area contributed by atoms with E-state index in [-0.39, 0.29) is 29.9 Å². The average molecular weight is 351 g/mol. The van der Waals surface area contributed by atoms with Crippen LogP contribution in [0.5, 0.6) is 0 Å². The van der Waals surface area contributed by atoms with E-state index in [1.54, 1.807) is 6.20 Å². The molecule has 0 bridgehead atoms. The smallest absolute Gasteiger partial charge is 0.238 e. The lowest BCUT2D eigenvalue weighted by Crippen LogP contribution is -2.44. The predicted octanol–water partition coefficient (Wildman–Crippen LogP) is 3.48. The third kappa shape index (κ3) is 3.41. The first-order chi connectivity index (χ1) is 11.6. The van der Waals surface area contributed by atoms with E-state index in [9.17, 15) is 13.6 Å². The molecule has 2 aromatic rings. The van der Waals surface area contributed by atoms with E-state index >= 15 is 0 Å². The molecule has 0 N–H and O–H groups in total. The van der Waals surface area contributed by atoms with E-state index in [4.69, 9.17) is 11.6 Å². The van der Waals surface area contributed by atoms with E-state index in [1.165, 1.54) is 23.1 Å². The number of carbonyl (C=O) groups is 1. The summed E-state index contributed by atoms with van der Waals surface area (Å²) in [6.07, 6.45) is 3.78. The Kier molecular flexibility index (Phi) is 5.09. The first-order valence-electron chi connectivity index (χ1n) is 7.81. The summed E-state index contributed by atoms with van der Waals surface area (Å²) in [6.45, 7) is -0.121. The number of hydrogen-bond acceptors (Lipinski definition) is 2. The molecule has 1 unspecified atom stereocenters. The van der Waals surface area contributed by atoms with Gasteiger partial charge in [0, 0.05) is 23.5 Å². The zero-order chi connectivity index (χ0) is 17.1.